The number of aliphatic hydroxyl groups is 3. The predicted molar refractivity (Wildman–Crippen MR) is 256 cm³/mol. The number of Topliss-reactive ketones (excluding diaryl/α,β-unsaturated/α-hetero) is 3. The molecule has 0 unspecified atom stereocenters. The van der Waals surface area contributed by atoms with E-state index in [4.69, 9.17) is 28.4 Å². The number of amides is 1. The number of rotatable bonds is 9. The zero-order valence-electron chi connectivity index (χ0n) is 42.4. The van der Waals surface area contributed by atoms with Crippen molar-refractivity contribution < 1.29 is 67.7 Å². The number of cyclic esters (lactones) is 1. The highest BCUT2D eigenvalue weighted by Crippen LogP contribution is 2.38. The molecule has 1 aliphatic carbocycles. The third-order valence-corrected chi connectivity index (χ3v) is 14.9. The average Bonchev–Trinajstić information content (AvgIpc) is 3.32. The molecular formula is C53H83NO14. The van der Waals surface area contributed by atoms with E-state index in [0.29, 0.717) is 63.4 Å². The Labute approximate surface area is 405 Å². The summed E-state index contributed by atoms with van der Waals surface area (Å²) in [5.41, 5.74) is 1.26. The Bertz CT molecular complexity index is 1810. The number of allylic oxidation sites excluding steroid dienone is 6. The van der Waals surface area contributed by atoms with Gasteiger partial charge in [0.05, 0.1) is 37.6 Å². The summed E-state index contributed by atoms with van der Waals surface area (Å²) in [7, 11) is 4.58. The molecule has 0 aromatic carbocycles. The van der Waals surface area contributed by atoms with Crippen LogP contribution in [0.5, 0.6) is 0 Å². The first-order valence-electron chi connectivity index (χ1n) is 25.0. The molecule has 1 saturated carbocycles. The van der Waals surface area contributed by atoms with Gasteiger partial charge in [-0.25, -0.2) is 4.79 Å². The number of carbonyl (C=O) groups excluding carboxylic acids is 5. The van der Waals surface area contributed by atoms with E-state index < -0.39 is 77.8 Å². The van der Waals surface area contributed by atoms with E-state index in [0.717, 1.165) is 12.0 Å². The molecule has 4 aliphatic rings. The van der Waals surface area contributed by atoms with Crippen LogP contribution in [0.3, 0.4) is 0 Å². The van der Waals surface area contributed by atoms with E-state index in [1.807, 2.05) is 58.1 Å². The fourth-order valence-corrected chi connectivity index (χ4v) is 10.5. The molecule has 2 bridgehead atoms. The highest BCUT2D eigenvalue weighted by Gasteiger charge is 2.53. The minimum absolute atomic E-state index is 0.0158. The van der Waals surface area contributed by atoms with E-state index in [1.165, 1.54) is 12.0 Å². The molecule has 4 rings (SSSR count). The first-order valence-corrected chi connectivity index (χ1v) is 25.0. The quantitative estimate of drug-likeness (QED) is 0.134. The summed E-state index contributed by atoms with van der Waals surface area (Å²) in [4.78, 5) is 72.1. The van der Waals surface area contributed by atoms with E-state index >= 15 is 0 Å². The van der Waals surface area contributed by atoms with Gasteiger partial charge in [0.15, 0.2) is 5.78 Å². The molecule has 15 atom stereocenters. The fourth-order valence-electron chi connectivity index (χ4n) is 10.5. The van der Waals surface area contributed by atoms with E-state index in [9.17, 15) is 39.3 Å². The maximum atomic E-state index is 14.5. The Kier molecular flexibility index (Phi) is 22.9. The van der Waals surface area contributed by atoms with E-state index in [-0.39, 0.29) is 74.1 Å². The number of nitrogens with zero attached hydrogens (tertiary/aromatic N) is 1. The molecule has 3 heterocycles. The molecule has 2 saturated heterocycles. The summed E-state index contributed by atoms with van der Waals surface area (Å²) in [6.45, 7) is 12.9. The molecule has 0 aromatic rings. The average molecular weight is 958 g/mol. The minimum Gasteiger partial charge on any atom is -0.460 e. The maximum Gasteiger partial charge on any atom is 0.329 e. The molecule has 1 amide bonds. The van der Waals surface area contributed by atoms with Crippen LogP contribution >= 0.6 is 0 Å². The van der Waals surface area contributed by atoms with Crippen LogP contribution in [0.25, 0.3) is 0 Å². The Hall–Kier alpha value is -3.41. The van der Waals surface area contributed by atoms with Crippen LogP contribution in [0, 0.1) is 35.5 Å². The lowest BCUT2D eigenvalue weighted by Crippen LogP contribution is -2.61. The summed E-state index contributed by atoms with van der Waals surface area (Å²) in [5.74, 6) is -7.96. The largest absolute Gasteiger partial charge is 0.460 e. The zero-order chi connectivity index (χ0) is 50.3. The molecule has 15 heteroatoms. The maximum absolute atomic E-state index is 14.5. The lowest BCUT2D eigenvalue weighted by molar-refractivity contribution is -0.265. The topological polar surface area (TPSA) is 205 Å². The van der Waals surface area contributed by atoms with Crippen LogP contribution < -0.4 is 0 Å². The predicted octanol–water partition coefficient (Wildman–Crippen LogP) is 6.20. The highest BCUT2D eigenvalue weighted by atomic mass is 16.6. The SMILES string of the molecule is CO[C@H]1C[C@@H]2CC[C@@H](C)[C@@](O)(O2)C(=O)C(=O)N2CCCC[C@H]2C(=O)O[C@H]([C@H](C)C[C@@H]2CC[C@@H](OCCO)[C@H](OC)C2)CC(=O)[C@H](C)/C=C(\C)[C@@H](O)[C@@H](OC)C(=O)[C@H](C)C[C@H](C)/C=C/C=CC=C1C. The van der Waals surface area contributed by atoms with Gasteiger partial charge in [0, 0.05) is 58.5 Å². The molecule has 0 aromatic heterocycles. The number of fused-ring (bicyclic) bond motifs is 3. The summed E-state index contributed by atoms with van der Waals surface area (Å²) in [6, 6.07) is -1.14. The van der Waals surface area contributed by atoms with Gasteiger partial charge in [-0.05, 0) is 107 Å². The van der Waals surface area contributed by atoms with Gasteiger partial charge < -0.3 is 48.6 Å². The first kappa shape index (κ1) is 57.2. The summed E-state index contributed by atoms with van der Waals surface area (Å²) in [5, 5.41) is 32.8. The van der Waals surface area contributed by atoms with Crippen LogP contribution in [-0.2, 0) is 52.4 Å². The van der Waals surface area contributed by atoms with Crippen molar-refractivity contribution in [1.29, 1.82) is 0 Å². The van der Waals surface area contributed by atoms with Crippen molar-refractivity contribution in [3.8, 4) is 0 Å². The summed E-state index contributed by atoms with van der Waals surface area (Å²) < 4.78 is 35.6. The third-order valence-electron chi connectivity index (χ3n) is 14.9. The Balaban J connectivity index is 1.70. The second-order valence-corrected chi connectivity index (χ2v) is 20.2. The summed E-state index contributed by atoms with van der Waals surface area (Å²) >= 11 is 0. The lowest BCUT2D eigenvalue weighted by Gasteiger charge is -2.42. The third kappa shape index (κ3) is 15.3. The molecule has 3 aliphatic heterocycles. The Morgan fingerprint density at radius 1 is 0.853 bits per heavy atom. The Morgan fingerprint density at radius 2 is 1.59 bits per heavy atom. The second kappa shape index (κ2) is 27.3. The normalized spacial score (nSPS) is 37.9. The first-order chi connectivity index (χ1) is 32.3. The number of hydrogen-bond acceptors (Lipinski definition) is 14. The molecule has 384 valence electrons. The van der Waals surface area contributed by atoms with Crippen LogP contribution in [0.1, 0.15) is 126 Å². The van der Waals surface area contributed by atoms with Crippen LogP contribution in [-0.4, -0.2) is 145 Å². The molecule has 3 N–H and O–H groups in total. The van der Waals surface area contributed by atoms with Crippen molar-refractivity contribution in [3.05, 3.63) is 47.6 Å². The molecule has 68 heavy (non-hydrogen) atoms. The van der Waals surface area contributed by atoms with Crippen molar-refractivity contribution in [2.24, 2.45) is 35.5 Å². The summed E-state index contributed by atoms with van der Waals surface area (Å²) in [6.07, 6.45) is 12.0. The standard InChI is InChI=1S/C53H83NO14/c1-32-16-12-11-13-17-33(2)44(63-8)30-40-21-19-38(7)53(62,68-40)50(59)51(60)54-23-15-14-18-41(54)52(61)67-45(35(4)28-39-20-22-43(66-25-24-55)46(29-39)64-9)31-42(56)34(3)27-37(6)48(58)49(65-10)47(57)36(5)26-32/h11-13,16-17,27,32,34-36,38-41,43-46,48-49,55,58,62H,14-15,18-26,28-31H2,1-10H3/b13-11?,16-12+,33-17?,37-27+/t32-,34-,35-,36-,38-,39+,40+,41+,43-,44+,45+,46-,48-,49+,53-/m1/s1. The monoisotopic (exact) mass is 958 g/mol. The number of ketones is 3. The number of aliphatic hydroxyl groups excluding tert-OH is 2. The smallest absolute Gasteiger partial charge is 0.329 e. The molecule has 0 radical (unpaired) electrons. The highest BCUT2D eigenvalue weighted by molar-refractivity contribution is 6.39. The molecule has 3 fully saturated rings. The van der Waals surface area contributed by atoms with Gasteiger partial charge in [-0.3, -0.25) is 19.2 Å². The number of esters is 1. The Morgan fingerprint density at radius 3 is 2.26 bits per heavy atom. The van der Waals surface area contributed by atoms with Crippen LogP contribution in [0.4, 0.5) is 0 Å². The van der Waals surface area contributed by atoms with E-state index in [2.05, 4.69) is 0 Å². The van der Waals surface area contributed by atoms with E-state index in [1.54, 1.807) is 41.1 Å². The minimum atomic E-state index is -2.43. The van der Waals surface area contributed by atoms with Crippen molar-refractivity contribution in [1.82, 2.24) is 4.90 Å². The van der Waals surface area contributed by atoms with Gasteiger partial charge >= 0.3 is 5.97 Å². The number of ether oxygens (including phenoxy) is 6. The number of carbonyl (C=O) groups is 5. The van der Waals surface area contributed by atoms with Crippen LogP contribution in [0.2, 0.25) is 0 Å². The van der Waals surface area contributed by atoms with Crippen molar-refractivity contribution in [3.63, 3.8) is 0 Å². The lowest BCUT2D eigenvalue weighted by atomic mass is 9.78. The van der Waals surface area contributed by atoms with Gasteiger partial charge in [-0.1, -0.05) is 71.1 Å². The number of methoxy groups -OCH3 is 3. The number of hydrogen-bond donors (Lipinski definition) is 3. The van der Waals surface area contributed by atoms with Crippen molar-refractivity contribution in [2.45, 2.75) is 180 Å². The van der Waals surface area contributed by atoms with Gasteiger partial charge in [-0.2, -0.15) is 0 Å². The van der Waals surface area contributed by atoms with Gasteiger partial charge in [-0.15, -0.1) is 0 Å². The van der Waals surface area contributed by atoms with Gasteiger partial charge in [0.1, 0.15) is 30.1 Å². The molecule has 15 nitrogen and oxygen atoms in total. The van der Waals surface area contributed by atoms with Gasteiger partial charge in [0.2, 0.25) is 5.79 Å². The van der Waals surface area contributed by atoms with Gasteiger partial charge in [0.25, 0.3) is 11.7 Å². The van der Waals surface area contributed by atoms with Crippen LogP contribution in [0.15, 0.2) is 47.6 Å². The molecule has 0 spiro atoms. The number of piperidine rings is 1. The van der Waals surface area contributed by atoms with Crippen molar-refractivity contribution >= 4 is 29.2 Å². The molecular weight excluding hydrogens is 875 g/mol. The van der Waals surface area contributed by atoms with Crippen molar-refractivity contribution in [2.75, 3.05) is 41.1 Å². The fraction of sp³-hybridized carbons (Fsp3) is 0.755. The zero-order valence-corrected chi connectivity index (χ0v) is 42.4. The second-order valence-electron chi connectivity index (χ2n) is 20.2.